The molecule has 1 fully saturated rings. The van der Waals surface area contributed by atoms with Gasteiger partial charge in [0, 0.05) is 0 Å². The number of halogens is 2. The van der Waals surface area contributed by atoms with Gasteiger partial charge in [-0.1, -0.05) is 0 Å². The lowest BCUT2D eigenvalue weighted by molar-refractivity contribution is -0.143. The van der Waals surface area contributed by atoms with Crippen LogP contribution in [0.2, 0.25) is 0 Å². The van der Waals surface area contributed by atoms with Crippen LogP contribution >= 0.6 is 12.4 Å². The average Bonchev–Trinajstić information content (AvgIpc) is 2.34. The smallest absolute Gasteiger partial charge is 0.325 e. The summed E-state index contributed by atoms with van der Waals surface area (Å²) < 4.78 is 17.0. The van der Waals surface area contributed by atoms with Gasteiger partial charge in [-0.05, 0) is 13.0 Å². The number of ether oxygens (including phenoxy) is 1. The van der Waals surface area contributed by atoms with Crippen molar-refractivity contribution in [2.45, 2.75) is 18.6 Å². The maximum Gasteiger partial charge on any atom is 0.325 e. The molecule has 0 radical (unpaired) electrons. The number of carbonyl (C=O) groups is 1. The van der Waals surface area contributed by atoms with Crippen LogP contribution in [0, 0.1) is 0 Å². The van der Waals surface area contributed by atoms with Crippen LogP contribution in [0.3, 0.4) is 0 Å². The summed E-state index contributed by atoms with van der Waals surface area (Å²) in [4.78, 5) is 10.7. The van der Waals surface area contributed by atoms with E-state index in [1.807, 2.05) is 0 Å². The van der Waals surface area contributed by atoms with Gasteiger partial charge in [0.1, 0.15) is 12.2 Å². The summed E-state index contributed by atoms with van der Waals surface area (Å²) in [6.45, 7) is 0.556. The summed E-state index contributed by atoms with van der Waals surface area (Å²) in [5, 5.41) is 2.71. The van der Waals surface area contributed by atoms with Crippen molar-refractivity contribution in [1.82, 2.24) is 5.32 Å². The van der Waals surface area contributed by atoms with Crippen LogP contribution in [0.4, 0.5) is 4.39 Å². The summed E-state index contributed by atoms with van der Waals surface area (Å²) in [5.74, 6) is -0.509. The Morgan fingerprint density at radius 2 is 2.36 bits per heavy atom. The van der Waals surface area contributed by atoms with Crippen LogP contribution in [0.25, 0.3) is 0 Å². The third-order valence-electron chi connectivity index (χ3n) is 1.60. The molecule has 0 saturated carbocycles. The van der Waals surface area contributed by atoms with Crippen LogP contribution in [0.1, 0.15) is 6.42 Å². The Balaban J connectivity index is 0.000001000. The van der Waals surface area contributed by atoms with E-state index in [0.29, 0.717) is 13.0 Å². The summed E-state index contributed by atoms with van der Waals surface area (Å²) >= 11 is 0. The zero-order chi connectivity index (χ0) is 7.56. The van der Waals surface area contributed by atoms with Crippen molar-refractivity contribution < 1.29 is 13.9 Å². The minimum absolute atomic E-state index is 0. The lowest BCUT2D eigenvalue weighted by Crippen LogP contribution is -2.37. The fourth-order valence-corrected chi connectivity index (χ4v) is 1.03. The molecule has 1 unspecified atom stereocenters. The molecule has 0 aromatic heterocycles. The van der Waals surface area contributed by atoms with Crippen LogP contribution < -0.4 is 5.32 Å². The molecule has 1 saturated heterocycles. The van der Waals surface area contributed by atoms with Crippen LogP contribution in [-0.2, 0) is 9.53 Å². The second-order valence-corrected chi connectivity index (χ2v) is 2.26. The zero-order valence-electron chi connectivity index (χ0n) is 6.17. The summed E-state index contributed by atoms with van der Waals surface area (Å²) in [6.07, 6.45) is -0.674. The number of nitrogens with one attached hydrogen (secondary N) is 1. The molecule has 0 aromatic carbocycles. The van der Waals surface area contributed by atoms with E-state index in [0.717, 1.165) is 0 Å². The molecule has 1 rings (SSSR count). The highest BCUT2D eigenvalue weighted by Crippen LogP contribution is 2.11. The van der Waals surface area contributed by atoms with E-state index >= 15 is 0 Å². The second kappa shape index (κ2) is 4.51. The van der Waals surface area contributed by atoms with Crippen LogP contribution in [0.15, 0.2) is 0 Å². The first-order chi connectivity index (χ1) is 4.75. The number of alkyl halides is 1. The number of esters is 1. The Kier molecular flexibility index (Phi) is 4.37. The number of hydrogen-bond donors (Lipinski definition) is 1. The van der Waals surface area contributed by atoms with Crippen molar-refractivity contribution >= 4 is 18.4 Å². The molecule has 1 N–H and O–H groups in total. The Labute approximate surface area is 70.7 Å². The quantitative estimate of drug-likeness (QED) is 0.594. The Morgan fingerprint density at radius 1 is 1.73 bits per heavy atom. The fraction of sp³-hybridized carbons (Fsp3) is 0.833. The topological polar surface area (TPSA) is 38.3 Å². The van der Waals surface area contributed by atoms with Crippen molar-refractivity contribution in [2.24, 2.45) is 0 Å². The fourth-order valence-electron chi connectivity index (χ4n) is 1.03. The van der Waals surface area contributed by atoms with E-state index in [-0.39, 0.29) is 12.4 Å². The predicted octanol–water partition coefficient (Wildman–Crippen LogP) is 0.281. The molecule has 0 aliphatic carbocycles. The molecule has 0 amide bonds. The second-order valence-electron chi connectivity index (χ2n) is 2.26. The van der Waals surface area contributed by atoms with Gasteiger partial charge < -0.3 is 10.1 Å². The first-order valence-electron chi connectivity index (χ1n) is 3.21. The third-order valence-corrected chi connectivity index (χ3v) is 1.60. The van der Waals surface area contributed by atoms with Gasteiger partial charge in [-0.3, -0.25) is 4.79 Å². The van der Waals surface area contributed by atoms with Crippen molar-refractivity contribution in [1.29, 1.82) is 0 Å². The molecular weight excluding hydrogens is 173 g/mol. The minimum Gasteiger partial charge on any atom is -0.468 e. The number of carbonyl (C=O) groups excluding carboxylic acids is 1. The predicted molar refractivity (Wildman–Crippen MR) is 40.6 cm³/mol. The van der Waals surface area contributed by atoms with E-state index in [2.05, 4.69) is 10.1 Å². The van der Waals surface area contributed by atoms with Gasteiger partial charge in [0.15, 0.2) is 0 Å². The number of rotatable bonds is 1. The summed E-state index contributed by atoms with van der Waals surface area (Å²) in [5.41, 5.74) is 0. The Hall–Kier alpha value is -0.350. The van der Waals surface area contributed by atoms with Gasteiger partial charge in [0.2, 0.25) is 0 Å². The third kappa shape index (κ3) is 2.31. The molecule has 1 aliphatic rings. The molecular formula is C6H11ClFNO2. The van der Waals surface area contributed by atoms with Gasteiger partial charge in [-0.15, -0.1) is 12.4 Å². The van der Waals surface area contributed by atoms with Crippen LogP contribution in [-0.4, -0.2) is 31.8 Å². The normalized spacial score (nSPS) is 29.3. The van der Waals surface area contributed by atoms with Gasteiger partial charge in [-0.2, -0.15) is 0 Å². The monoisotopic (exact) mass is 183 g/mol. The SMILES string of the molecule is COC(=O)C1NCC[C@@H]1F.Cl. The minimum atomic E-state index is -1.08. The molecule has 5 heteroatoms. The van der Waals surface area contributed by atoms with Crippen molar-refractivity contribution in [3.05, 3.63) is 0 Å². The molecule has 0 spiro atoms. The lowest BCUT2D eigenvalue weighted by Gasteiger charge is -2.08. The summed E-state index contributed by atoms with van der Waals surface area (Å²) in [7, 11) is 1.26. The molecule has 11 heavy (non-hydrogen) atoms. The molecule has 3 nitrogen and oxygen atoms in total. The van der Waals surface area contributed by atoms with Gasteiger partial charge in [0.05, 0.1) is 7.11 Å². The number of hydrogen-bond acceptors (Lipinski definition) is 3. The standard InChI is InChI=1S/C6H10FNO2.ClH/c1-10-6(9)5-4(7)2-3-8-5;/h4-5,8H,2-3H2,1H3;1H/t4-,5?;/m0./s1. The van der Waals surface area contributed by atoms with Crippen LogP contribution in [0.5, 0.6) is 0 Å². The van der Waals surface area contributed by atoms with E-state index in [1.165, 1.54) is 7.11 Å². The molecule has 0 bridgehead atoms. The van der Waals surface area contributed by atoms with Gasteiger partial charge in [-0.25, -0.2) is 4.39 Å². The molecule has 1 aliphatic heterocycles. The Morgan fingerprint density at radius 3 is 2.73 bits per heavy atom. The first kappa shape index (κ1) is 10.7. The van der Waals surface area contributed by atoms with Crippen molar-refractivity contribution in [3.8, 4) is 0 Å². The van der Waals surface area contributed by atoms with E-state index in [9.17, 15) is 9.18 Å². The maximum absolute atomic E-state index is 12.7. The number of methoxy groups -OCH3 is 1. The largest absolute Gasteiger partial charge is 0.468 e. The average molecular weight is 184 g/mol. The highest BCUT2D eigenvalue weighted by atomic mass is 35.5. The highest BCUT2D eigenvalue weighted by Gasteiger charge is 2.33. The molecule has 0 aromatic rings. The summed E-state index contributed by atoms with van der Waals surface area (Å²) in [6, 6.07) is -0.731. The van der Waals surface area contributed by atoms with Gasteiger partial charge >= 0.3 is 5.97 Å². The zero-order valence-corrected chi connectivity index (χ0v) is 6.99. The maximum atomic E-state index is 12.7. The highest BCUT2D eigenvalue weighted by molar-refractivity contribution is 5.85. The van der Waals surface area contributed by atoms with E-state index in [1.54, 1.807) is 0 Å². The van der Waals surface area contributed by atoms with Crippen molar-refractivity contribution in [2.75, 3.05) is 13.7 Å². The molecule has 1 heterocycles. The van der Waals surface area contributed by atoms with E-state index < -0.39 is 18.2 Å². The molecule has 2 atom stereocenters. The molecule has 66 valence electrons. The Bertz CT molecular complexity index is 145. The lowest BCUT2D eigenvalue weighted by atomic mass is 10.2. The first-order valence-corrected chi connectivity index (χ1v) is 3.21. The van der Waals surface area contributed by atoms with Gasteiger partial charge in [0.25, 0.3) is 0 Å². The van der Waals surface area contributed by atoms with Crippen molar-refractivity contribution in [3.63, 3.8) is 0 Å². The van der Waals surface area contributed by atoms with E-state index in [4.69, 9.17) is 0 Å².